The van der Waals surface area contributed by atoms with Gasteiger partial charge in [0.2, 0.25) is 0 Å². The Morgan fingerprint density at radius 3 is 2.61 bits per heavy atom. The second kappa shape index (κ2) is 7.65. The summed E-state index contributed by atoms with van der Waals surface area (Å²) in [6.45, 7) is 7.70. The van der Waals surface area contributed by atoms with Crippen molar-refractivity contribution < 1.29 is 4.74 Å². The fourth-order valence-electron chi connectivity index (χ4n) is 2.05. The van der Waals surface area contributed by atoms with Crippen LogP contribution in [0.5, 0.6) is 5.75 Å². The van der Waals surface area contributed by atoms with E-state index in [1.54, 1.807) is 7.11 Å². The van der Waals surface area contributed by atoms with Crippen molar-refractivity contribution in [2.75, 3.05) is 13.7 Å². The molecule has 18 heavy (non-hydrogen) atoms. The lowest BCUT2D eigenvalue weighted by Crippen LogP contribution is -2.27. The van der Waals surface area contributed by atoms with Gasteiger partial charge in [-0.25, -0.2) is 0 Å². The van der Waals surface area contributed by atoms with Gasteiger partial charge >= 0.3 is 0 Å². The third-order valence-electron chi connectivity index (χ3n) is 3.36. The van der Waals surface area contributed by atoms with E-state index in [-0.39, 0.29) is 0 Å². The van der Waals surface area contributed by atoms with Gasteiger partial charge in [-0.1, -0.05) is 44.9 Å². The highest BCUT2D eigenvalue weighted by Gasteiger charge is 2.18. The van der Waals surface area contributed by atoms with E-state index in [0.29, 0.717) is 17.0 Å². The van der Waals surface area contributed by atoms with Crippen molar-refractivity contribution in [2.24, 2.45) is 5.92 Å². The van der Waals surface area contributed by atoms with Crippen molar-refractivity contribution in [3.63, 3.8) is 0 Å². The van der Waals surface area contributed by atoms with Crippen LogP contribution in [0.1, 0.15) is 45.2 Å². The highest BCUT2D eigenvalue weighted by Crippen LogP contribution is 2.31. The molecule has 0 saturated carbocycles. The number of benzene rings is 1. The molecule has 0 spiro atoms. The molecular weight excluding hydrogens is 246 g/mol. The summed E-state index contributed by atoms with van der Waals surface area (Å²) in [5.41, 5.74) is 1.25. The quantitative estimate of drug-likeness (QED) is 0.790. The Hall–Kier alpha value is -0.730. The first kappa shape index (κ1) is 15.3. The summed E-state index contributed by atoms with van der Waals surface area (Å²) in [7, 11) is 1.66. The number of hydrogen-bond acceptors (Lipinski definition) is 2. The number of nitrogens with one attached hydrogen (secondary N) is 1. The fraction of sp³-hybridized carbons (Fsp3) is 0.600. The first-order valence-electron chi connectivity index (χ1n) is 6.70. The van der Waals surface area contributed by atoms with Crippen LogP contribution in [0.3, 0.4) is 0 Å². The molecule has 0 aliphatic carbocycles. The molecule has 2 unspecified atom stereocenters. The minimum absolute atomic E-state index is 0.362. The van der Waals surface area contributed by atoms with Gasteiger partial charge in [-0.15, -0.1) is 0 Å². The zero-order valence-corrected chi connectivity index (χ0v) is 12.6. The molecule has 1 aromatic rings. The maximum atomic E-state index is 6.07. The van der Waals surface area contributed by atoms with Crippen molar-refractivity contribution in [3.05, 3.63) is 28.8 Å². The number of hydrogen-bond donors (Lipinski definition) is 1. The summed E-state index contributed by atoms with van der Waals surface area (Å²) >= 11 is 6.07. The molecule has 102 valence electrons. The number of ether oxygens (including phenoxy) is 1. The molecule has 1 aromatic carbocycles. The Labute approximate surface area is 116 Å². The van der Waals surface area contributed by atoms with Gasteiger partial charge in [-0.3, -0.25) is 0 Å². The zero-order chi connectivity index (χ0) is 13.5. The van der Waals surface area contributed by atoms with Crippen molar-refractivity contribution in [2.45, 2.75) is 39.7 Å². The van der Waals surface area contributed by atoms with E-state index < -0.39 is 0 Å². The zero-order valence-electron chi connectivity index (χ0n) is 11.8. The van der Waals surface area contributed by atoms with Gasteiger partial charge in [0.25, 0.3) is 0 Å². The van der Waals surface area contributed by atoms with Crippen molar-refractivity contribution in [1.82, 2.24) is 5.32 Å². The van der Waals surface area contributed by atoms with E-state index in [1.807, 2.05) is 12.1 Å². The summed E-state index contributed by atoms with van der Waals surface area (Å²) in [6, 6.07) is 6.41. The molecule has 0 heterocycles. The predicted molar refractivity (Wildman–Crippen MR) is 78.5 cm³/mol. The first-order valence-corrected chi connectivity index (χ1v) is 7.08. The van der Waals surface area contributed by atoms with Crippen molar-refractivity contribution >= 4 is 11.6 Å². The van der Waals surface area contributed by atoms with Crippen LogP contribution in [0.15, 0.2) is 18.2 Å². The van der Waals surface area contributed by atoms with Crippen LogP contribution in [0.25, 0.3) is 0 Å². The lowest BCUT2D eigenvalue weighted by atomic mass is 9.92. The van der Waals surface area contributed by atoms with Gasteiger partial charge in [0.05, 0.1) is 12.1 Å². The molecule has 0 amide bonds. The average molecular weight is 270 g/mol. The fourth-order valence-corrected chi connectivity index (χ4v) is 2.25. The van der Waals surface area contributed by atoms with Crippen LogP contribution in [0.4, 0.5) is 0 Å². The lowest BCUT2D eigenvalue weighted by Gasteiger charge is -2.25. The molecule has 0 aliphatic rings. The van der Waals surface area contributed by atoms with Crippen LogP contribution >= 0.6 is 11.6 Å². The highest BCUT2D eigenvalue weighted by molar-refractivity contribution is 6.32. The molecule has 1 N–H and O–H groups in total. The Morgan fingerprint density at radius 1 is 1.33 bits per heavy atom. The minimum Gasteiger partial charge on any atom is -0.495 e. The summed E-state index contributed by atoms with van der Waals surface area (Å²) in [5, 5.41) is 4.27. The van der Waals surface area contributed by atoms with Crippen LogP contribution in [-0.4, -0.2) is 13.7 Å². The van der Waals surface area contributed by atoms with Gasteiger partial charge in [0.15, 0.2) is 0 Å². The number of methoxy groups -OCH3 is 1. The molecule has 1 rings (SSSR count). The third kappa shape index (κ3) is 3.89. The van der Waals surface area contributed by atoms with E-state index >= 15 is 0 Å². The molecule has 3 heteroatoms. The molecule has 0 aromatic heterocycles. The lowest BCUT2D eigenvalue weighted by molar-refractivity contribution is 0.373. The molecular formula is C15H24ClNO. The largest absolute Gasteiger partial charge is 0.495 e. The topological polar surface area (TPSA) is 21.3 Å². The Kier molecular flexibility index (Phi) is 6.51. The van der Waals surface area contributed by atoms with Crippen molar-refractivity contribution in [1.29, 1.82) is 0 Å². The monoisotopic (exact) mass is 269 g/mol. The van der Waals surface area contributed by atoms with E-state index in [9.17, 15) is 0 Å². The smallest absolute Gasteiger partial charge is 0.137 e. The SMILES string of the molecule is CCCNC(c1ccc(Cl)c(OC)c1)C(C)CC. The van der Waals surface area contributed by atoms with Crippen LogP contribution in [0, 0.1) is 5.92 Å². The number of rotatable bonds is 7. The molecule has 0 saturated heterocycles. The normalized spacial score (nSPS) is 14.3. The van der Waals surface area contributed by atoms with Gasteiger partial charge < -0.3 is 10.1 Å². The summed E-state index contributed by atoms with van der Waals surface area (Å²) in [4.78, 5) is 0. The van der Waals surface area contributed by atoms with Gasteiger partial charge in [-0.05, 0) is 36.6 Å². The maximum Gasteiger partial charge on any atom is 0.137 e. The van der Waals surface area contributed by atoms with Crippen LogP contribution in [-0.2, 0) is 0 Å². The summed E-state index contributed by atoms with van der Waals surface area (Å²) in [5.74, 6) is 1.34. The van der Waals surface area contributed by atoms with Gasteiger partial charge in [0.1, 0.15) is 5.75 Å². The Bertz CT molecular complexity index is 368. The standard InChI is InChI=1S/C15H24ClNO/c1-5-9-17-15(11(3)6-2)12-7-8-13(16)14(10-12)18-4/h7-8,10-11,15,17H,5-6,9H2,1-4H3. The first-order chi connectivity index (χ1) is 8.63. The molecule has 0 aliphatic heterocycles. The summed E-state index contributed by atoms with van der Waals surface area (Å²) < 4.78 is 5.29. The maximum absolute atomic E-state index is 6.07. The van der Waals surface area contributed by atoms with Crippen LogP contribution < -0.4 is 10.1 Å². The number of halogens is 1. The predicted octanol–water partition coefficient (Wildman–Crippen LogP) is 4.44. The van der Waals surface area contributed by atoms with Crippen molar-refractivity contribution in [3.8, 4) is 5.75 Å². The van der Waals surface area contributed by atoms with Crippen LogP contribution in [0.2, 0.25) is 5.02 Å². The molecule has 2 nitrogen and oxygen atoms in total. The second-order valence-corrected chi connectivity index (χ2v) is 5.12. The minimum atomic E-state index is 0.362. The van der Waals surface area contributed by atoms with E-state index in [1.165, 1.54) is 5.56 Å². The van der Waals surface area contributed by atoms with E-state index in [0.717, 1.165) is 25.1 Å². The average Bonchev–Trinajstić information content (AvgIpc) is 2.40. The molecule has 0 bridgehead atoms. The third-order valence-corrected chi connectivity index (χ3v) is 3.67. The second-order valence-electron chi connectivity index (χ2n) is 4.71. The van der Waals surface area contributed by atoms with E-state index in [4.69, 9.17) is 16.3 Å². The highest BCUT2D eigenvalue weighted by atomic mass is 35.5. The van der Waals surface area contributed by atoms with Gasteiger partial charge in [-0.2, -0.15) is 0 Å². The summed E-state index contributed by atoms with van der Waals surface area (Å²) in [6.07, 6.45) is 2.28. The van der Waals surface area contributed by atoms with E-state index in [2.05, 4.69) is 32.2 Å². The van der Waals surface area contributed by atoms with Gasteiger partial charge in [0, 0.05) is 6.04 Å². The molecule has 0 radical (unpaired) electrons. The molecule has 0 fully saturated rings. The molecule has 2 atom stereocenters. The Balaban J connectivity index is 2.96. The Morgan fingerprint density at radius 2 is 2.06 bits per heavy atom.